The highest BCUT2D eigenvalue weighted by Crippen LogP contribution is 2.65. The van der Waals surface area contributed by atoms with E-state index in [2.05, 4.69) is 13.5 Å². The van der Waals surface area contributed by atoms with Crippen LogP contribution in [0.5, 0.6) is 0 Å². The molecule has 2 atom stereocenters. The maximum Gasteiger partial charge on any atom is 0.333 e. The minimum absolute atomic E-state index is 0.145. The van der Waals surface area contributed by atoms with Gasteiger partial charge in [-0.25, -0.2) is 4.79 Å². The van der Waals surface area contributed by atoms with Crippen LogP contribution in [0, 0.1) is 5.41 Å². The quantitative estimate of drug-likeness (QED) is 0.589. The highest BCUT2D eigenvalue weighted by atomic mass is 16.6. The van der Waals surface area contributed by atoms with Crippen LogP contribution in [0.4, 0.5) is 0 Å². The van der Waals surface area contributed by atoms with Crippen LogP contribution in [0.15, 0.2) is 12.2 Å². The summed E-state index contributed by atoms with van der Waals surface area (Å²) in [7, 11) is 0. The van der Waals surface area contributed by atoms with Gasteiger partial charge in [0, 0.05) is 24.8 Å². The van der Waals surface area contributed by atoms with Crippen LogP contribution in [0.2, 0.25) is 0 Å². The molecule has 4 fully saturated rings. The molecule has 106 valence electrons. The van der Waals surface area contributed by atoms with Crippen molar-refractivity contribution in [3.05, 3.63) is 12.2 Å². The second-order valence-electron chi connectivity index (χ2n) is 7.67. The van der Waals surface area contributed by atoms with Gasteiger partial charge in [-0.1, -0.05) is 13.5 Å². The topological polar surface area (TPSA) is 66.8 Å². The molecule has 0 aromatic heterocycles. The molecule has 0 aromatic carbocycles. The van der Waals surface area contributed by atoms with Gasteiger partial charge in [0.2, 0.25) is 0 Å². The van der Waals surface area contributed by atoms with E-state index in [1.54, 1.807) is 6.92 Å². The molecule has 4 saturated carbocycles. The van der Waals surface area contributed by atoms with Gasteiger partial charge in [-0.15, -0.1) is 0 Å². The zero-order valence-corrected chi connectivity index (χ0v) is 11.7. The molecule has 0 radical (unpaired) electrons. The SMILES string of the molecule is C=C(C)C(=O)OC12CC3(C)CC(O)(CC(O)(C3)C1)C2. The van der Waals surface area contributed by atoms with E-state index in [1.165, 1.54) is 0 Å². The van der Waals surface area contributed by atoms with Crippen molar-refractivity contribution in [1.82, 2.24) is 0 Å². The van der Waals surface area contributed by atoms with Crippen molar-refractivity contribution in [2.75, 3.05) is 0 Å². The van der Waals surface area contributed by atoms with Crippen LogP contribution in [0.3, 0.4) is 0 Å². The molecular weight excluding hydrogens is 244 g/mol. The molecule has 19 heavy (non-hydrogen) atoms. The van der Waals surface area contributed by atoms with Crippen molar-refractivity contribution >= 4 is 5.97 Å². The highest BCUT2D eigenvalue weighted by Gasteiger charge is 2.68. The lowest BCUT2D eigenvalue weighted by Gasteiger charge is -2.66. The second-order valence-corrected chi connectivity index (χ2v) is 7.67. The van der Waals surface area contributed by atoms with Gasteiger partial charge in [-0.2, -0.15) is 0 Å². The Balaban J connectivity index is 1.95. The largest absolute Gasteiger partial charge is 0.455 e. The van der Waals surface area contributed by atoms with Crippen molar-refractivity contribution in [3.63, 3.8) is 0 Å². The molecule has 4 rings (SSSR count). The number of rotatable bonds is 2. The Labute approximate surface area is 113 Å². The molecule has 0 aromatic rings. The molecule has 0 aliphatic heterocycles. The lowest BCUT2D eigenvalue weighted by Crippen LogP contribution is -2.69. The van der Waals surface area contributed by atoms with Gasteiger partial charge >= 0.3 is 5.97 Å². The first-order valence-electron chi connectivity index (χ1n) is 6.91. The van der Waals surface area contributed by atoms with E-state index in [9.17, 15) is 15.0 Å². The monoisotopic (exact) mass is 266 g/mol. The number of aliphatic hydroxyl groups is 2. The molecule has 4 heteroatoms. The Morgan fingerprint density at radius 3 is 2.00 bits per heavy atom. The van der Waals surface area contributed by atoms with E-state index in [1.807, 2.05) is 0 Å². The van der Waals surface area contributed by atoms with Gasteiger partial charge in [0.05, 0.1) is 11.2 Å². The highest BCUT2D eigenvalue weighted by molar-refractivity contribution is 5.87. The van der Waals surface area contributed by atoms with Gasteiger partial charge < -0.3 is 14.9 Å². The van der Waals surface area contributed by atoms with Crippen LogP contribution in [-0.2, 0) is 9.53 Å². The molecule has 4 aliphatic rings. The fourth-order valence-corrected chi connectivity index (χ4v) is 5.32. The van der Waals surface area contributed by atoms with Gasteiger partial charge in [0.25, 0.3) is 0 Å². The molecular formula is C15H22O4. The maximum atomic E-state index is 11.9. The minimum atomic E-state index is -0.895. The number of carbonyl (C=O) groups is 1. The summed E-state index contributed by atoms with van der Waals surface area (Å²) in [4.78, 5) is 11.9. The van der Waals surface area contributed by atoms with Crippen molar-refractivity contribution in [3.8, 4) is 0 Å². The van der Waals surface area contributed by atoms with E-state index in [0.29, 0.717) is 37.7 Å². The summed E-state index contributed by atoms with van der Waals surface area (Å²) >= 11 is 0. The summed E-state index contributed by atoms with van der Waals surface area (Å²) < 4.78 is 5.65. The fraction of sp³-hybridized carbons (Fsp3) is 0.800. The second kappa shape index (κ2) is 3.41. The molecule has 2 unspecified atom stereocenters. The fourth-order valence-electron chi connectivity index (χ4n) is 5.32. The van der Waals surface area contributed by atoms with Crippen molar-refractivity contribution in [1.29, 1.82) is 0 Å². The van der Waals surface area contributed by atoms with E-state index in [4.69, 9.17) is 4.74 Å². The van der Waals surface area contributed by atoms with E-state index >= 15 is 0 Å². The Hall–Kier alpha value is -0.870. The number of hydrogen-bond donors (Lipinski definition) is 2. The maximum absolute atomic E-state index is 11.9. The normalized spacial score (nSPS) is 51.2. The Morgan fingerprint density at radius 2 is 1.58 bits per heavy atom. The molecule has 0 saturated heterocycles. The van der Waals surface area contributed by atoms with E-state index in [-0.39, 0.29) is 5.41 Å². The minimum Gasteiger partial charge on any atom is -0.455 e. The van der Waals surface area contributed by atoms with Gasteiger partial charge in [0.15, 0.2) is 0 Å². The first-order chi connectivity index (χ1) is 8.57. The molecule has 4 nitrogen and oxygen atoms in total. The third-order valence-corrected chi connectivity index (χ3v) is 4.88. The number of esters is 1. The van der Waals surface area contributed by atoms with Gasteiger partial charge in [-0.05, 0) is 31.6 Å². The Kier molecular flexibility index (Phi) is 2.36. The number of carbonyl (C=O) groups excluding carboxylic acids is 1. The molecule has 2 N–H and O–H groups in total. The standard InChI is InChI=1S/C15H22O4/c1-10(2)11(16)19-15-6-12(3)4-13(17,8-15)7-14(18,5-12)9-15/h17-18H,1,4-9H2,2-3H3. The van der Waals surface area contributed by atoms with Gasteiger partial charge in [0.1, 0.15) is 5.60 Å². The zero-order valence-electron chi connectivity index (χ0n) is 11.7. The third kappa shape index (κ3) is 2.01. The van der Waals surface area contributed by atoms with E-state index in [0.717, 1.165) is 6.42 Å². The first kappa shape index (κ1) is 13.1. The molecule has 0 spiro atoms. The molecule has 4 aliphatic carbocycles. The first-order valence-corrected chi connectivity index (χ1v) is 6.91. The predicted octanol–water partition coefficient (Wildman–Crippen LogP) is 1.69. The lowest BCUT2D eigenvalue weighted by atomic mass is 9.45. The summed E-state index contributed by atoms with van der Waals surface area (Å²) in [5.41, 5.74) is -2.29. The number of ether oxygens (including phenoxy) is 1. The zero-order chi connectivity index (χ0) is 14.1. The van der Waals surface area contributed by atoms with Crippen LogP contribution in [0.25, 0.3) is 0 Å². The van der Waals surface area contributed by atoms with Crippen molar-refractivity contribution < 1.29 is 19.7 Å². The smallest absolute Gasteiger partial charge is 0.333 e. The Morgan fingerprint density at radius 1 is 1.05 bits per heavy atom. The average Bonchev–Trinajstić information content (AvgIpc) is 2.07. The Bertz CT molecular complexity index is 413. The predicted molar refractivity (Wildman–Crippen MR) is 69.3 cm³/mol. The summed E-state index contributed by atoms with van der Waals surface area (Å²) in [6.07, 6.45) is 3.39. The summed E-state index contributed by atoms with van der Waals surface area (Å²) in [6, 6.07) is 0. The number of hydrogen-bond acceptors (Lipinski definition) is 4. The van der Waals surface area contributed by atoms with Crippen molar-refractivity contribution in [2.24, 2.45) is 5.41 Å². The van der Waals surface area contributed by atoms with Gasteiger partial charge in [-0.3, -0.25) is 0 Å². The van der Waals surface area contributed by atoms with Crippen LogP contribution in [-0.4, -0.2) is 33.0 Å². The van der Waals surface area contributed by atoms with Crippen LogP contribution < -0.4 is 0 Å². The summed E-state index contributed by atoms with van der Waals surface area (Å²) in [5, 5.41) is 21.4. The molecule has 4 bridgehead atoms. The van der Waals surface area contributed by atoms with Crippen LogP contribution in [0.1, 0.15) is 52.4 Å². The van der Waals surface area contributed by atoms with Crippen LogP contribution >= 0.6 is 0 Å². The summed E-state index contributed by atoms with van der Waals surface area (Å²) in [5.74, 6) is -0.419. The van der Waals surface area contributed by atoms with Crippen molar-refractivity contribution in [2.45, 2.75) is 69.2 Å². The van der Waals surface area contributed by atoms with E-state index < -0.39 is 22.8 Å². The third-order valence-electron chi connectivity index (χ3n) is 4.88. The molecule has 0 amide bonds. The average molecular weight is 266 g/mol. The molecule has 0 heterocycles. The summed E-state index contributed by atoms with van der Waals surface area (Å²) in [6.45, 7) is 7.30. The lowest BCUT2D eigenvalue weighted by molar-refractivity contribution is -0.280.